The van der Waals surface area contributed by atoms with Gasteiger partial charge in [0.25, 0.3) is 10.0 Å². The molecule has 20 heavy (non-hydrogen) atoms. The van der Waals surface area contributed by atoms with Crippen LogP contribution in [0.15, 0.2) is 46.2 Å². The molecule has 2 rings (SSSR count). The van der Waals surface area contributed by atoms with Gasteiger partial charge >= 0.3 is 0 Å². The van der Waals surface area contributed by atoms with Crippen LogP contribution in [0.4, 0.5) is 5.69 Å². The summed E-state index contributed by atoms with van der Waals surface area (Å²) in [5.74, 6) is 0.355. The summed E-state index contributed by atoms with van der Waals surface area (Å²) in [6, 6.07) is 6.84. The van der Waals surface area contributed by atoms with Crippen molar-refractivity contribution >= 4 is 27.3 Å². The number of H-pyrrole nitrogens is 1. The smallest absolute Gasteiger partial charge is 0.263 e. The Morgan fingerprint density at radius 3 is 2.60 bits per heavy atom. The lowest BCUT2D eigenvalue weighted by Crippen LogP contribution is -2.15. The second-order valence-corrected chi connectivity index (χ2v) is 5.93. The monoisotopic (exact) mass is 314 g/mol. The highest BCUT2D eigenvalue weighted by atomic mass is 35.5. The number of halogens is 1. The van der Waals surface area contributed by atoms with Crippen molar-refractivity contribution in [3.05, 3.63) is 51.9 Å². The van der Waals surface area contributed by atoms with Crippen LogP contribution < -0.4 is 15.0 Å². The van der Waals surface area contributed by atoms with E-state index in [4.69, 9.17) is 16.3 Å². The van der Waals surface area contributed by atoms with E-state index >= 15 is 0 Å². The molecule has 0 saturated carbocycles. The highest BCUT2D eigenvalue weighted by molar-refractivity contribution is 7.92. The van der Waals surface area contributed by atoms with E-state index in [-0.39, 0.29) is 10.5 Å². The Labute approximate surface area is 120 Å². The predicted octanol–water partition coefficient (Wildman–Crippen LogP) is 1.84. The number of rotatable bonds is 4. The second kappa shape index (κ2) is 5.56. The highest BCUT2D eigenvalue weighted by Gasteiger charge is 2.15. The van der Waals surface area contributed by atoms with Gasteiger partial charge in [-0.1, -0.05) is 11.6 Å². The number of hydrogen-bond acceptors (Lipinski definition) is 4. The molecule has 0 saturated heterocycles. The van der Waals surface area contributed by atoms with Gasteiger partial charge in [0.1, 0.15) is 10.6 Å². The Bertz CT molecular complexity index is 766. The second-order valence-electron chi connectivity index (χ2n) is 3.84. The lowest BCUT2D eigenvalue weighted by molar-refractivity contribution is 0.415. The van der Waals surface area contributed by atoms with Crippen molar-refractivity contribution in [3.63, 3.8) is 0 Å². The van der Waals surface area contributed by atoms with Crippen LogP contribution in [0.2, 0.25) is 5.02 Å². The molecule has 0 fully saturated rings. The van der Waals surface area contributed by atoms with Gasteiger partial charge < -0.3 is 9.72 Å². The minimum absolute atomic E-state index is 0.0500. The standard InChI is InChI=1S/C12H11ClN2O4S/c1-19-11-6-8(2-4-10(11)13)15-20(17,18)9-3-5-12(16)14-7-9/h2-7,15H,1H3,(H,14,16). The number of pyridine rings is 1. The van der Waals surface area contributed by atoms with E-state index in [1.54, 1.807) is 0 Å². The van der Waals surface area contributed by atoms with Crippen LogP contribution >= 0.6 is 11.6 Å². The van der Waals surface area contributed by atoms with E-state index < -0.39 is 10.0 Å². The first kappa shape index (κ1) is 14.4. The quantitative estimate of drug-likeness (QED) is 0.901. The zero-order valence-electron chi connectivity index (χ0n) is 10.4. The Hall–Kier alpha value is -1.99. The third-order valence-corrected chi connectivity index (χ3v) is 4.16. The maximum absolute atomic E-state index is 12.1. The molecule has 0 amide bonds. The molecule has 8 heteroatoms. The fourth-order valence-electron chi connectivity index (χ4n) is 1.50. The normalized spacial score (nSPS) is 11.1. The number of benzene rings is 1. The maximum atomic E-state index is 12.1. The van der Waals surface area contributed by atoms with Crippen molar-refractivity contribution in [1.82, 2.24) is 4.98 Å². The zero-order chi connectivity index (χ0) is 14.8. The number of hydrogen-bond donors (Lipinski definition) is 2. The Kier molecular flexibility index (Phi) is 4.01. The van der Waals surface area contributed by atoms with Crippen LogP contribution in [0, 0.1) is 0 Å². The van der Waals surface area contributed by atoms with E-state index in [1.807, 2.05) is 0 Å². The fourth-order valence-corrected chi connectivity index (χ4v) is 2.71. The topological polar surface area (TPSA) is 88.3 Å². The molecule has 1 aromatic carbocycles. The van der Waals surface area contributed by atoms with Crippen LogP contribution in [-0.4, -0.2) is 20.5 Å². The number of aromatic amines is 1. The number of methoxy groups -OCH3 is 1. The molecule has 1 heterocycles. The molecule has 2 aromatic rings. The zero-order valence-corrected chi connectivity index (χ0v) is 12.0. The third kappa shape index (κ3) is 3.12. The molecule has 2 N–H and O–H groups in total. The maximum Gasteiger partial charge on any atom is 0.263 e. The highest BCUT2D eigenvalue weighted by Crippen LogP contribution is 2.28. The molecule has 6 nitrogen and oxygen atoms in total. The number of anilines is 1. The van der Waals surface area contributed by atoms with Gasteiger partial charge in [-0.15, -0.1) is 0 Å². The molecule has 0 spiro atoms. The van der Waals surface area contributed by atoms with Crippen molar-refractivity contribution in [2.24, 2.45) is 0 Å². The lowest BCUT2D eigenvalue weighted by Gasteiger charge is -2.10. The van der Waals surface area contributed by atoms with E-state index in [9.17, 15) is 13.2 Å². The molecule has 0 atom stereocenters. The summed E-state index contributed by atoms with van der Waals surface area (Å²) in [7, 11) is -2.35. The molecule has 106 valence electrons. The fraction of sp³-hybridized carbons (Fsp3) is 0.0833. The summed E-state index contributed by atoms with van der Waals surface area (Å²) in [5.41, 5.74) is -0.0745. The average Bonchev–Trinajstić information content (AvgIpc) is 2.41. The Morgan fingerprint density at radius 1 is 1.25 bits per heavy atom. The van der Waals surface area contributed by atoms with Crippen LogP contribution in [0.3, 0.4) is 0 Å². The van der Waals surface area contributed by atoms with Gasteiger partial charge in [-0.3, -0.25) is 9.52 Å². The van der Waals surface area contributed by atoms with Crippen LogP contribution in [0.1, 0.15) is 0 Å². The summed E-state index contributed by atoms with van der Waals surface area (Å²) in [6.45, 7) is 0. The van der Waals surface area contributed by atoms with Crippen LogP contribution in [0.25, 0.3) is 0 Å². The van der Waals surface area contributed by atoms with Crippen molar-refractivity contribution in [1.29, 1.82) is 0 Å². The average molecular weight is 315 g/mol. The molecule has 0 unspecified atom stereocenters. The minimum Gasteiger partial charge on any atom is -0.495 e. The van der Waals surface area contributed by atoms with E-state index in [0.717, 1.165) is 12.3 Å². The first-order valence-corrected chi connectivity index (χ1v) is 7.33. The number of aromatic nitrogens is 1. The first-order chi connectivity index (χ1) is 9.42. The minimum atomic E-state index is -3.79. The van der Waals surface area contributed by atoms with E-state index in [1.165, 1.54) is 31.4 Å². The summed E-state index contributed by atoms with van der Waals surface area (Å²) in [5, 5.41) is 0.375. The third-order valence-electron chi connectivity index (χ3n) is 2.47. The summed E-state index contributed by atoms with van der Waals surface area (Å²) >= 11 is 5.86. The summed E-state index contributed by atoms with van der Waals surface area (Å²) in [6.07, 6.45) is 1.12. The molecule has 0 bridgehead atoms. The summed E-state index contributed by atoms with van der Waals surface area (Å²) < 4.78 is 31.6. The van der Waals surface area contributed by atoms with E-state index in [0.29, 0.717) is 16.5 Å². The molecule has 0 radical (unpaired) electrons. The number of ether oxygens (including phenoxy) is 1. The molecule has 0 aliphatic rings. The van der Waals surface area contributed by atoms with Gasteiger partial charge in [-0.25, -0.2) is 8.42 Å². The van der Waals surface area contributed by atoms with Crippen LogP contribution in [0.5, 0.6) is 5.75 Å². The van der Waals surface area contributed by atoms with Gasteiger partial charge in [0.15, 0.2) is 0 Å². The molecule has 0 aliphatic carbocycles. The lowest BCUT2D eigenvalue weighted by atomic mass is 10.3. The first-order valence-electron chi connectivity index (χ1n) is 5.47. The predicted molar refractivity (Wildman–Crippen MR) is 75.9 cm³/mol. The van der Waals surface area contributed by atoms with Crippen molar-refractivity contribution in [2.75, 3.05) is 11.8 Å². The largest absolute Gasteiger partial charge is 0.495 e. The van der Waals surface area contributed by atoms with Gasteiger partial charge in [-0.2, -0.15) is 0 Å². The van der Waals surface area contributed by atoms with Gasteiger partial charge in [-0.05, 0) is 18.2 Å². The van der Waals surface area contributed by atoms with Gasteiger partial charge in [0, 0.05) is 18.3 Å². The molecule has 0 aliphatic heterocycles. The van der Waals surface area contributed by atoms with E-state index in [2.05, 4.69) is 9.71 Å². The van der Waals surface area contributed by atoms with Crippen molar-refractivity contribution < 1.29 is 13.2 Å². The Balaban J connectivity index is 2.33. The SMILES string of the molecule is COc1cc(NS(=O)(=O)c2ccc(=O)[nH]c2)ccc1Cl. The van der Waals surface area contributed by atoms with Crippen LogP contribution in [-0.2, 0) is 10.0 Å². The summed E-state index contributed by atoms with van der Waals surface area (Å²) in [4.78, 5) is 13.2. The molecule has 1 aromatic heterocycles. The van der Waals surface area contributed by atoms with Gasteiger partial charge in [0.05, 0.1) is 17.8 Å². The van der Waals surface area contributed by atoms with Crippen molar-refractivity contribution in [2.45, 2.75) is 4.90 Å². The number of sulfonamides is 1. The number of nitrogens with one attached hydrogen (secondary N) is 2. The van der Waals surface area contributed by atoms with Crippen molar-refractivity contribution in [3.8, 4) is 5.75 Å². The molecular weight excluding hydrogens is 304 g/mol. The van der Waals surface area contributed by atoms with Gasteiger partial charge in [0.2, 0.25) is 5.56 Å². The Morgan fingerprint density at radius 2 is 2.00 bits per heavy atom. The molecular formula is C12H11ClN2O4S.